The molecule has 0 aliphatic carbocycles. The molecule has 3 nitrogen and oxygen atoms in total. The Morgan fingerprint density at radius 1 is 1.33 bits per heavy atom. The summed E-state index contributed by atoms with van der Waals surface area (Å²) in [5, 5.41) is 1.56. The molecule has 0 radical (unpaired) electrons. The highest BCUT2D eigenvalue weighted by Crippen LogP contribution is 2.27. The minimum absolute atomic E-state index is 0.0238. The Balaban J connectivity index is 2.92. The molecule has 2 aromatic rings. The first-order chi connectivity index (χ1) is 7.15. The van der Waals surface area contributed by atoms with Gasteiger partial charge in [-0.3, -0.25) is 4.79 Å². The first-order valence-corrected chi connectivity index (χ1v) is 5.51. The van der Waals surface area contributed by atoms with Gasteiger partial charge in [-0.15, -0.1) is 0 Å². The molecule has 78 valence electrons. The van der Waals surface area contributed by atoms with Crippen molar-refractivity contribution in [1.29, 1.82) is 0 Å². The van der Waals surface area contributed by atoms with Crippen molar-refractivity contribution in [3.8, 4) is 0 Å². The van der Waals surface area contributed by atoms with Crippen LogP contribution in [0.5, 0.6) is 0 Å². The average Bonchev–Trinajstić information content (AvgIpc) is 2.24. The van der Waals surface area contributed by atoms with Gasteiger partial charge in [-0.25, -0.2) is 0 Å². The molecule has 15 heavy (non-hydrogen) atoms. The Hall–Kier alpha value is -1.29. The molecule has 0 fully saturated rings. The Labute approximate surface area is 95.6 Å². The number of nitrogen functional groups attached to an aromatic ring is 1. The van der Waals surface area contributed by atoms with Crippen molar-refractivity contribution in [2.24, 2.45) is 0 Å². The quantitative estimate of drug-likeness (QED) is 0.806. The second kappa shape index (κ2) is 3.70. The zero-order valence-corrected chi connectivity index (χ0v) is 9.91. The van der Waals surface area contributed by atoms with Gasteiger partial charge in [0.2, 0.25) is 0 Å². The summed E-state index contributed by atoms with van der Waals surface area (Å²) in [5.74, 6) is 0. The van der Waals surface area contributed by atoms with Gasteiger partial charge >= 0.3 is 0 Å². The van der Waals surface area contributed by atoms with Gasteiger partial charge in [0.15, 0.2) is 0 Å². The molecule has 0 unspecified atom stereocenters. The van der Waals surface area contributed by atoms with Gasteiger partial charge in [0.1, 0.15) is 0 Å². The number of aryl methyl sites for hydroxylation is 1. The van der Waals surface area contributed by atoms with Crippen LogP contribution in [0.25, 0.3) is 10.8 Å². The third kappa shape index (κ3) is 1.55. The fourth-order valence-corrected chi connectivity index (χ4v) is 2.07. The van der Waals surface area contributed by atoms with E-state index in [2.05, 4.69) is 15.9 Å². The molecule has 0 saturated heterocycles. The second-order valence-corrected chi connectivity index (χ2v) is 4.13. The molecule has 0 aliphatic rings. The van der Waals surface area contributed by atoms with Crippen LogP contribution in [0, 0.1) is 0 Å². The van der Waals surface area contributed by atoms with Crippen LogP contribution in [0.2, 0.25) is 0 Å². The van der Waals surface area contributed by atoms with Crippen LogP contribution in [0.4, 0.5) is 5.69 Å². The molecular formula is C11H11BrN2O. The number of nitrogens with zero attached hydrogens (tertiary/aromatic N) is 1. The number of anilines is 1. The minimum atomic E-state index is 0.0238. The van der Waals surface area contributed by atoms with Crippen molar-refractivity contribution in [3.63, 3.8) is 0 Å². The van der Waals surface area contributed by atoms with Crippen LogP contribution in [0.3, 0.4) is 0 Å². The van der Waals surface area contributed by atoms with Gasteiger partial charge < -0.3 is 10.3 Å². The van der Waals surface area contributed by atoms with Gasteiger partial charge in [0.25, 0.3) is 5.56 Å². The Kier molecular flexibility index (Phi) is 2.52. The van der Waals surface area contributed by atoms with Gasteiger partial charge in [-0.2, -0.15) is 0 Å². The molecule has 2 rings (SSSR count). The molecule has 1 aromatic carbocycles. The number of nitrogens with two attached hydrogens (primary N) is 1. The zero-order chi connectivity index (χ0) is 11.0. The van der Waals surface area contributed by atoms with Crippen LogP contribution in [-0.2, 0) is 6.54 Å². The third-order valence-corrected chi connectivity index (χ3v) is 3.35. The fourth-order valence-electron chi connectivity index (χ4n) is 1.60. The van der Waals surface area contributed by atoms with E-state index >= 15 is 0 Å². The van der Waals surface area contributed by atoms with Crippen LogP contribution in [0.15, 0.2) is 33.7 Å². The highest BCUT2D eigenvalue weighted by atomic mass is 79.9. The zero-order valence-electron chi connectivity index (χ0n) is 8.33. The number of aromatic nitrogens is 1. The average molecular weight is 267 g/mol. The SMILES string of the molecule is CCn1ccc2c(Br)c(N)ccc2c1=O. The third-order valence-electron chi connectivity index (χ3n) is 2.46. The van der Waals surface area contributed by atoms with Crippen molar-refractivity contribution >= 4 is 32.4 Å². The Morgan fingerprint density at radius 2 is 2.07 bits per heavy atom. The van der Waals surface area contributed by atoms with Crippen molar-refractivity contribution in [2.75, 3.05) is 5.73 Å². The first kappa shape index (κ1) is 10.2. The van der Waals surface area contributed by atoms with Gasteiger partial charge in [-0.05, 0) is 41.1 Å². The van der Waals surface area contributed by atoms with Crippen LogP contribution in [0.1, 0.15) is 6.92 Å². The van der Waals surface area contributed by atoms with Crippen molar-refractivity contribution in [3.05, 3.63) is 39.2 Å². The molecule has 0 spiro atoms. The lowest BCUT2D eigenvalue weighted by molar-refractivity contribution is 0.735. The van der Waals surface area contributed by atoms with E-state index in [1.807, 2.05) is 13.0 Å². The number of rotatable bonds is 1. The number of fused-ring (bicyclic) bond motifs is 1. The van der Waals surface area contributed by atoms with Crippen LogP contribution in [-0.4, -0.2) is 4.57 Å². The summed E-state index contributed by atoms with van der Waals surface area (Å²) in [7, 11) is 0. The smallest absolute Gasteiger partial charge is 0.258 e. The van der Waals surface area contributed by atoms with E-state index in [-0.39, 0.29) is 5.56 Å². The Bertz CT molecular complexity index is 575. The van der Waals surface area contributed by atoms with Crippen LogP contribution >= 0.6 is 15.9 Å². The predicted octanol–water partition coefficient (Wildman–Crippen LogP) is 2.37. The van der Waals surface area contributed by atoms with Crippen molar-refractivity contribution in [2.45, 2.75) is 13.5 Å². The molecule has 0 aliphatic heterocycles. The fraction of sp³-hybridized carbons (Fsp3) is 0.182. The maximum Gasteiger partial charge on any atom is 0.258 e. The lowest BCUT2D eigenvalue weighted by Crippen LogP contribution is -2.18. The lowest BCUT2D eigenvalue weighted by Gasteiger charge is -2.06. The summed E-state index contributed by atoms with van der Waals surface area (Å²) in [6.45, 7) is 2.62. The Morgan fingerprint density at radius 3 is 2.73 bits per heavy atom. The van der Waals surface area contributed by atoms with Crippen molar-refractivity contribution in [1.82, 2.24) is 4.57 Å². The number of benzene rings is 1. The molecule has 0 bridgehead atoms. The summed E-state index contributed by atoms with van der Waals surface area (Å²) < 4.78 is 2.46. The number of hydrogen-bond acceptors (Lipinski definition) is 2. The monoisotopic (exact) mass is 266 g/mol. The maximum atomic E-state index is 11.9. The number of hydrogen-bond donors (Lipinski definition) is 1. The molecule has 0 atom stereocenters. The molecule has 4 heteroatoms. The van der Waals surface area contributed by atoms with E-state index in [9.17, 15) is 4.79 Å². The van der Waals surface area contributed by atoms with E-state index in [0.29, 0.717) is 17.6 Å². The second-order valence-electron chi connectivity index (χ2n) is 3.34. The first-order valence-electron chi connectivity index (χ1n) is 4.72. The molecule has 0 saturated carbocycles. The van der Waals surface area contributed by atoms with Gasteiger partial charge in [0, 0.05) is 33.7 Å². The highest BCUT2D eigenvalue weighted by molar-refractivity contribution is 9.10. The lowest BCUT2D eigenvalue weighted by atomic mass is 10.1. The minimum Gasteiger partial charge on any atom is -0.398 e. The molecule has 1 heterocycles. The summed E-state index contributed by atoms with van der Waals surface area (Å²) in [4.78, 5) is 11.9. The summed E-state index contributed by atoms with van der Waals surface area (Å²) in [6, 6.07) is 5.42. The largest absolute Gasteiger partial charge is 0.398 e. The molecule has 2 N–H and O–H groups in total. The van der Waals surface area contributed by atoms with Gasteiger partial charge in [-0.1, -0.05) is 0 Å². The predicted molar refractivity (Wildman–Crippen MR) is 66.0 cm³/mol. The van der Waals surface area contributed by atoms with Crippen molar-refractivity contribution < 1.29 is 0 Å². The number of halogens is 1. The summed E-state index contributed by atoms with van der Waals surface area (Å²) in [5.41, 5.74) is 6.42. The maximum absolute atomic E-state index is 11.9. The standard InChI is InChI=1S/C11H11BrN2O/c1-2-14-6-5-7-8(11(14)15)3-4-9(13)10(7)12/h3-6H,2,13H2,1H3. The van der Waals surface area contributed by atoms with Gasteiger partial charge in [0.05, 0.1) is 0 Å². The summed E-state index contributed by atoms with van der Waals surface area (Å²) >= 11 is 3.39. The molecule has 1 aromatic heterocycles. The van der Waals surface area contributed by atoms with E-state index in [1.54, 1.807) is 22.9 Å². The van der Waals surface area contributed by atoms with E-state index in [0.717, 1.165) is 9.86 Å². The van der Waals surface area contributed by atoms with E-state index in [1.165, 1.54) is 0 Å². The van der Waals surface area contributed by atoms with E-state index < -0.39 is 0 Å². The highest BCUT2D eigenvalue weighted by Gasteiger charge is 2.06. The molecule has 0 amide bonds. The van der Waals surface area contributed by atoms with E-state index in [4.69, 9.17) is 5.73 Å². The topological polar surface area (TPSA) is 48.0 Å². The normalized spacial score (nSPS) is 10.8. The molecular weight excluding hydrogens is 256 g/mol. The number of pyridine rings is 1. The van der Waals surface area contributed by atoms with Crippen LogP contribution < -0.4 is 11.3 Å². The summed E-state index contributed by atoms with van der Waals surface area (Å²) in [6.07, 6.45) is 1.79.